The first-order chi connectivity index (χ1) is 9.93. The third kappa shape index (κ3) is 4.03. The Balaban J connectivity index is 2.02. The van der Waals surface area contributed by atoms with Gasteiger partial charge in [-0.2, -0.15) is 0 Å². The fourth-order valence-corrected chi connectivity index (χ4v) is 2.81. The molecule has 1 aromatic carbocycles. The maximum absolute atomic E-state index is 12.4. The van der Waals surface area contributed by atoms with Crippen LogP contribution in [-0.4, -0.2) is 40.6 Å². The Labute approximate surface area is 126 Å². The van der Waals surface area contributed by atoms with Gasteiger partial charge in [-0.25, -0.2) is 0 Å². The number of hydrogen-bond donors (Lipinski definition) is 3. The van der Waals surface area contributed by atoms with Gasteiger partial charge in [-0.15, -0.1) is 0 Å². The van der Waals surface area contributed by atoms with Crippen molar-refractivity contribution in [2.45, 2.75) is 44.9 Å². The molecule has 1 heterocycles. The Hall–Kier alpha value is -1.43. The Bertz CT molecular complexity index is 502. The lowest BCUT2D eigenvalue weighted by Crippen LogP contribution is -2.52. The van der Waals surface area contributed by atoms with E-state index in [-0.39, 0.29) is 11.9 Å². The molecule has 2 rings (SSSR count). The first-order valence-corrected chi connectivity index (χ1v) is 7.48. The molecule has 2 atom stereocenters. The molecule has 1 aromatic rings. The standard InChI is InChI=1S/C16H25N3O2/c1-12(19-9-5-8-16(2,21)11-19)15(20)18-14-7-4-3-6-13(14)10-17/h3-4,6-7,12,21H,5,8-11,17H2,1-2H3,(H,18,20). The minimum Gasteiger partial charge on any atom is -0.389 e. The second-order valence-corrected chi connectivity index (χ2v) is 6.10. The molecule has 1 amide bonds. The molecule has 0 bridgehead atoms. The normalized spacial score (nSPS) is 24.6. The zero-order chi connectivity index (χ0) is 15.5. The predicted octanol–water partition coefficient (Wildman–Crippen LogP) is 1.32. The lowest BCUT2D eigenvalue weighted by atomic mass is 9.94. The number of carbonyl (C=O) groups excluding carboxylic acids is 1. The molecule has 1 fully saturated rings. The van der Waals surface area contributed by atoms with Crippen LogP contribution in [0.5, 0.6) is 0 Å². The highest BCUT2D eigenvalue weighted by Gasteiger charge is 2.33. The summed E-state index contributed by atoms with van der Waals surface area (Å²) in [5, 5.41) is 13.1. The van der Waals surface area contributed by atoms with Gasteiger partial charge in [0.1, 0.15) is 0 Å². The van der Waals surface area contributed by atoms with E-state index in [0.717, 1.165) is 30.6 Å². The second-order valence-electron chi connectivity index (χ2n) is 6.10. The summed E-state index contributed by atoms with van der Waals surface area (Å²) in [6.45, 7) is 5.46. The monoisotopic (exact) mass is 291 g/mol. The lowest BCUT2D eigenvalue weighted by Gasteiger charge is -2.39. The lowest BCUT2D eigenvalue weighted by molar-refractivity contribution is -0.123. The Morgan fingerprint density at radius 3 is 2.90 bits per heavy atom. The maximum atomic E-state index is 12.4. The number of piperidine rings is 1. The molecule has 0 spiro atoms. The maximum Gasteiger partial charge on any atom is 0.241 e. The molecule has 21 heavy (non-hydrogen) atoms. The van der Waals surface area contributed by atoms with E-state index in [4.69, 9.17) is 5.73 Å². The van der Waals surface area contributed by atoms with Gasteiger partial charge >= 0.3 is 0 Å². The average molecular weight is 291 g/mol. The molecular formula is C16H25N3O2. The van der Waals surface area contributed by atoms with Gasteiger partial charge in [0.25, 0.3) is 0 Å². The van der Waals surface area contributed by atoms with Crippen molar-refractivity contribution < 1.29 is 9.90 Å². The van der Waals surface area contributed by atoms with Crippen molar-refractivity contribution >= 4 is 11.6 Å². The molecule has 5 heteroatoms. The number of benzene rings is 1. The molecule has 1 aliphatic heterocycles. The molecule has 2 unspecified atom stereocenters. The fraction of sp³-hybridized carbons (Fsp3) is 0.562. The van der Waals surface area contributed by atoms with Gasteiger partial charge in [-0.3, -0.25) is 9.69 Å². The van der Waals surface area contributed by atoms with Gasteiger partial charge in [0, 0.05) is 18.8 Å². The SMILES string of the molecule is CC(C(=O)Nc1ccccc1CN)N1CCCC(C)(O)C1. The van der Waals surface area contributed by atoms with Crippen LogP contribution >= 0.6 is 0 Å². The molecule has 1 aliphatic rings. The summed E-state index contributed by atoms with van der Waals surface area (Å²) >= 11 is 0. The number of hydrogen-bond acceptors (Lipinski definition) is 4. The van der Waals surface area contributed by atoms with Crippen LogP contribution < -0.4 is 11.1 Å². The highest BCUT2D eigenvalue weighted by atomic mass is 16.3. The summed E-state index contributed by atoms with van der Waals surface area (Å²) in [5.74, 6) is -0.0615. The molecular weight excluding hydrogens is 266 g/mol. The van der Waals surface area contributed by atoms with Crippen LogP contribution in [0.3, 0.4) is 0 Å². The van der Waals surface area contributed by atoms with Crippen molar-refractivity contribution in [3.8, 4) is 0 Å². The zero-order valence-electron chi connectivity index (χ0n) is 12.8. The molecule has 0 saturated carbocycles. The van der Waals surface area contributed by atoms with E-state index >= 15 is 0 Å². The molecule has 5 nitrogen and oxygen atoms in total. The number of para-hydroxylation sites is 1. The number of carbonyl (C=O) groups is 1. The van der Waals surface area contributed by atoms with Crippen molar-refractivity contribution in [1.29, 1.82) is 0 Å². The summed E-state index contributed by atoms with van der Waals surface area (Å²) in [6, 6.07) is 7.28. The minimum absolute atomic E-state index is 0.0615. The molecule has 0 radical (unpaired) electrons. The number of anilines is 1. The number of nitrogens with two attached hydrogens (primary N) is 1. The third-order valence-electron chi connectivity index (χ3n) is 4.13. The van der Waals surface area contributed by atoms with Crippen LogP contribution in [0.25, 0.3) is 0 Å². The molecule has 1 saturated heterocycles. The molecule has 116 valence electrons. The quantitative estimate of drug-likeness (QED) is 0.782. The van der Waals surface area contributed by atoms with Gasteiger partial charge in [-0.1, -0.05) is 18.2 Å². The van der Waals surface area contributed by atoms with Crippen molar-refractivity contribution in [3.63, 3.8) is 0 Å². The Morgan fingerprint density at radius 2 is 2.24 bits per heavy atom. The van der Waals surface area contributed by atoms with Crippen LogP contribution in [0.2, 0.25) is 0 Å². The minimum atomic E-state index is -0.706. The number of likely N-dealkylation sites (tertiary alicyclic amines) is 1. The number of rotatable bonds is 4. The summed E-state index contributed by atoms with van der Waals surface area (Å²) in [4.78, 5) is 14.4. The number of amides is 1. The first kappa shape index (κ1) is 15.9. The number of β-amino-alcohol motifs (C(OH)–C–C–N with tert-alkyl or cyclic N) is 1. The van der Waals surface area contributed by atoms with E-state index in [1.54, 1.807) is 0 Å². The average Bonchev–Trinajstić information content (AvgIpc) is 2.46. The smallest absolute Gasteiger partial charge is 0.241 e. The van der Waals surface area contributed by atoms with Gasteiger partial charge in [0.2, 0.25) is 5.91 Å². The number of nitrogens with zero attached hydrogens (tertiary/aromatic N) is 1. The highest BCUT2D eigenvalue weighted by molar-refractivity contribution is 5.95. The zero-order valence-corrected chi connectivity index (χ0v) is 12.8. The first-order valence-electron chi connectivity index (χ1n) is 7.48. The molecule has 4 N–H and O–H groups in total. The van der Waals surface area contributed by atoms with E-state index in [1.165, 1.54) is 0 Å². The van der Waals surface area contributed by atoms with Crippen molar-refractivity contribution in [3.05, 3.63) is 29.8 Å². The predicted molar refractivity (Wildman–Crippen MR) is 83.9 cm³/mol. The van der Waals surface area contributed by atoms with Crippen molar-refractivity contribution in [2.24, 2.45) is 5.73 Å². The Kier molecular flexibility index (Phi) is 4.98. The topological polar surface area (TPSA) is 78.6 Å². The van der Waals surface area contributed by atoms with Crippen molar-refractivity contribution in [2.75, 3.05) is 18.4 Å². The summed E-state index contributed by atoms with van der Waals surface area (Å²) in [7, 11) is 0. The highest BCUT2D eigenvalue weighted by Crippen LogP contribution is 2.22. The summed E-state index contributed by atoms with van der Waals surface area (Å²) in [6.07, 6.45) is 1.69. The van der Waals surface area contributed by atoms with E-state index in [1.807, 2.05) is 43.0 Å². The van der Waals surface area contributed by atoms with Crippen LogP contribution in [0.1, 0.15) is 32.3 Å². The van der Waals surface area contributed by atoms with Crippen LogP contribution in [0, 0.1) is 0 Å². The van der Waals surface area contributed by atoms with E-state index in [0.29, 0.717) is 13.1 Å². The molecule has 0 aromatic heterocycles. The van der Waals surface area contributed by atoms with Crippen LogP contribution in [-0.2, 0) is 11.3 Å². The second kappa shape index (κ2) is 6.56. The van der Waals surface area contributed by atoms with Crippen molar-refractivity contribution in [1.82, 2.24) is 4.90 Å². The van der Waals surface area contributed by atoms with E-state index < -0.39 is 5.60 Å². The van der Waals surface area contributed by atoms with Crippen LogP contribution in [0.15, 0.2) is 24.3 Å². The van der Waals surface area contributed by atoms with Gasteiger partial charge in [0.15, 0.2) is 0 Å². The molecule has 0 aliphatic carbocycles. The van der Waals surface area contributed by atoms with Gasteiger partial charge < -0.3 is 16.2 Å². The Morgan fingerprint density at radius 1 is 1.52 bits per heavy atom. The van der Waals surface area contributed by atoms with Crippen LogP contribution in [0.4, 0.5) is 5.69 Å². The van der Waals surface area contributed by atoms with Gasteiger partial charge in [0.05, 0.1) is 11.6 Å². The number of nitrogens with one attached hydrogen (secondary N) is 1. The fourth-order valence-electron chi connectivity index (χ4n) is 2.81. The summed E-state index contributed by atoms with van der Waals surface area (Å²) < 4.78 is 0. The van der Waals surface area contributed by atoms with E-state index in [2.05, 4.69) is 5.32 Å². The van der Waals surface area contributed by atoms with Gasteiger partial charge in [-0.05, 0) is 44.9 Å². The largest absolute Gasteiger partial charge is 0.389 e. The summed E-state index contributed by atoms with van der Waals surface area (Å²) in [5.41, 5.74) is 6.66. The van der Waals surface area contributed by atoms with E-state index in [9.17, 15) is 9.90 Å². The number of aliphatic hydroxyl groups is 1. The third-order valence-corrected chi connectivity index (χ3v) is 4.13.